The van der Waals surface area contributed by atoms with Crippen LogP contribution in [0.1, 0.15) is 22.5 Å². The van der Waals surface area contributed by atoms with Crippen LogP contribution < -0.4 is 15.5 Å². The number of amides is 2. The molecule has 0 unspecified atom stereocenters. The first-order valence-corrected chi connectivity index (χ1v) is 12.0. The van der Waals surface area contributed by atoms with Crippen LogP contribution in [0.2, 0.25) is 0 Å². The number of benzene rings is 1. The lowest BCUT2D eigenvalue weighted by Gasteiger charge is -2.27. The maximum Gasteiger partial charge on any atom is 0.262 e. The summed E-state index contributed by atoms with van der Waals surface area (Å²) >= 11 is 4.65. The first kappa shape index (κ1) is 23.4. The van der Waals surface area contributed by atoms with Gasteiger partial charge >= 0.3 is 0 Å². The van der Waals surface area contributed by atoms with E-state index in [-0.39, 0.29) is 18.4 Å². The molecule has 4 rings (SSSR count). The van der Waals surface area contributed by atoms with Gasteiger partial charge in [-0.05, 0) is 52.3 Å². The predicted octanol–water partition coefficient (Wildman–Crippen LogP) is 3.14. The van der Waals surface area contributed by atoms with E-state index in [2.05, 4.69) is 31.6 Å². The summed E-state index contributed by atoms with van der Waals surface area (Å²) in [7, 11) is 0. The first-order chi connectivity index (χ1) is 16.0. The number of hydrogen-bond acceptors (Lipinski definition) is 7. The van der Waals surface area contributed by atoms with Gasteiger partial charge in [0.25, 0.3) is 11.8 Å². The van der Waals surface area contributed by atoms with E-state index in [9.17, 15) is 9.59 Å². The van der Waals surface area contributed by atoms with Gasteiger partial charge in [0.1, 0.15) is 11.4 Å². The van der Waals surface area contributed by atoms with Crippen molar-refractivity contribution in [1.29, 1.82) is 5.26 Å². The van der Waals surface area contributed by atoms with Crippen LogP contribution in [0, 0.1) is 11.5 Å². The molecule has 0 saturated carbocycles. The SMILES string of the molecule is N#C/N=C1\CCOCCN1c1ccc(NC(=O)[C@]2(NC(=O)c3ccc(Br)s3)CCOC2)cc1. The van der Waals surface area contributed by atoms with Crippen LogP contribution in [0.3, 0.4) is 0 Å². The van der Waals surface area contributed by atoms with Crippen molar-refractivity contribution < 1.29 is 19.1 Å². The number of nitriles is 1. The molecule has 2 N–H and O–H groups in total. The second-order valence-electron chi connectivity index (χ2n) is 7.59. The Kier molecular flexibility index (Phi) is 7.39. The molecule has 1 aromatic carbocycles. The van der Waals surface area contributed by atoms with E-state index in [0.29, 0.717) is 55.6 Å². The number of carbonyl (C=O) groups is 2. The molecule has 11 heteroatoms. The largest absolute Gasteiger partial charge is 0.379 e. The molecule has 2 aliphatic rings. The van der Waals surface area contributed by atoms with Gasteiger partial charge in [-0.1, -0.05) is 0 Å². The molecule has 2 aliphatic heterocycles. The van der Waals surface area contributed by atoms with Crippen molar-refractivity contribution in [3.8, 4) is 6.19 Å². The van der Waals surface area contributed by atoms with Crippen molar-refractivity contribution in [3.05, 3.63) is 45.1 Å². The maximum absolute atomic E-state index is 13.2. The number of amidine groups is 1. The molecule has 2 aromatic rings. The fourth-order valence-electron chi connectivity index (χ4n) is 3.73. The second kappa shape index (κ2) is 10.4. The molecule has 33 heavy (non-hydrogen) atoms. The van der Waals surface area contributed by atoms with Crippen molar-refractivity contribution in [1.82, 2.24) is 5.32 Å². The van der Waals surface area contributed by atoms with Crippen molar-refractivity contribution in [2.45, 2.75) is 18.4 Å². The van der Waals surface area contributed by atoms with Gasteiger partial charge in [0.15, 0.2) is 0 Å². The summed E-state index contributed by atoms with van der Waals surface area (Å²) in [5, 5.41) is 14.8. The van der Waals surface area contributed by atoms with Gasteiger partial charge in [-0.15, -0.1) is 11.3 Å². The van der Waals surface area contributed by atoms with Gasteiger partial charge in [-0.2, -0.15) is 10.3 Å². The molecule has 0 spiro atoms. The van der Waals surface area contributed by atoms with E-state index in [1.165, 1.54) is 11.3 Å². The smallest absolute Gasteiger partial charge is 0.262 e. The van der Waals surface area contributed by atoms with Crippen LogP contribution in [0.15, 0.2) is 45.2 Å². The zero-order valence-corrected chi connectivity index (χ0v) is 20.1. The van der Waals surface area contributed by atoms with Crippen molar-refractivity contribution in [2.24, 2.45) is 4.99 Å². The predicted molar refractivity (Wildman–Crippen MR) is 129 cm³/mol. The number of nitrogens with zero attached hydrogens (tertiary/aromatic N) is 3. The summed E-state index contributed by atoms with van der Waals surface area (Å²) in [5.74, 6) is 0.0118. The fraction of sp³-hybridized carbons (Fsp3) is 0.364. The molecule has 2 saturated heterocycles. The first-order valence-electron chi connectivity index (χ1n) is 10.4. The van der Waals surface area contributed by atoms with Gasteiger partial charge in [-0.25, -0.2) is 0 Å². The van der Waals surface area contributed by atoms with Crippen LogP contribution >= 0.6 is 27.3 Å². The summed E-state index contributed by atoms with van der Waals surface area (Å²) in [4.78, 5) is 32.3. The minimum Gasteiger partial charge on any atom is -0.379 e. The van der Waals surface area contributed by atoms with E-state index in [4.69, 9.17) is 14.7 Å². The van der Waals surface area contributed by atoms with E-state index in [1.54, 1.807) is 24.3 Å². The van der Waals surface area contributed by atoms with Gasteiger partial charge in [0.05, 0.1) is 28.5 Å². The Hall–Kier alpha value is -2.78. The average molecular weight is 532 g/mol. The van der Waals surface area contributed by atoms with E-state index >= 15 is 0 Å². The van der Waals surface area contributed by atoms with Gasteiger partial charge in [0, 0.05) is 37.4 Å². The number of ether oxygens (including phenoxy) is 2. The molecule has 0 bridgehead atoms. The third kappa shape index (κ3) is 5.42. The minimum absolute atomic E-state index is 0.108. The fourth-order valence-corrected chi connectivity index (χ4v) is 5.01. The average Bonchev–Trinajstić information content (AvgIpc) is 3.40. The number of aliphatic imine (C=N–C) groups is 1. The Morgan fingerprint density at radius 1 is 1.15 bits per heavy atom. The van der Waals surface area contributed by atoms with Crippen LogP contribution in [-0.2, 0) is 14.3 Å². The van der Waals surface area contributed by atoms with Crippen LogP contribution in [0.25, 0.3) is 0 Å². The lowest BCUT2D eigenvalue weighted by molar-refractivity contribution is -0.122. The summed E-state index contributed by atoms with van der Waals surface area (Å²) in [6.45, 7) is 2.13. The topological polar surface area (TPSA) is 116 Å². The molecule has 0 radical (unpaired) electrons. The minimum atomic E-state index is -1.14. The Balaban J connectivity index is 1.47. The zero-order valence-electron chi connectivity index (χ0n) is 17.7. The Morgan fingerprint density at radius 2 is 1.97 bits per heavy atom. The van der Waals surface area contributed by atoms with E-state index in [1.807, 2.05) is 23.2 Å². The quantitative estimate of drug-likeness (QED) is 0.572. The molecule has 2 amide bonds. The highest BCUT2D eigenvalue weighted by atomic mass is 79.9. The molecular formula is C22H22BrN5O4S. The maximum atomic E-state index is 13.2. The number of halogens is 1. The second-order valence-corrected chi connectivity index (χ2v) is 10.0. The monoisotopic (exact) mass is 531 g/mol. The highest BCUT2D eigenvalue weighted by molar-refractivity contribution is 9.11. The third-order valence-corrected chi connectivity index (χ3v) is 7.09. The number of rotatable bonds is 5. The summed E-state index contributed by atoms with van der Waals surface area (Å²) in [6.07, 6.45) is 2.79. The normalized spacial score (nSPS) is 21.9. The van der Waals surface area contributed by atoms with Crippen molar-refractivity contribution in [3.63, 3.8) is 0 Å². The Labute approximate surface area is 203 Å². The summed E-state index contributed by atoms with van der Waals surface area (Å²) < 4.78 is 11.8. The molecule has 172 valence electrons. The Morgan fingerprint density at radius 3 is 2.64 bits per heavy atom. The van der Waals surface area contributed by atoms with Crippen LogP contribution in [0.5, 0.6) is 0 Å². The van der Waals surface area contributed by atoms with Crippen molar-refractivity contribution in [2.75, 3.05) is 43.2 Å². The molecular weight excluding hydrogens is 510 g/mol. The number of nitrogens with one attached hydrogen (secondary N) is 2. The van der Waals surface area contributed by atoms with Crippen molar-refractivity contribution >= 4 is 56.3 Å². The lowest BCUT2D eigenvalue weighted by Crippen LogP contribution is -2.57. The Bertz CT molecular complexity index is 1090. The summed E-state index contributed by atoms with van der Waals surface area (Å²) in [6, 6.07) is 10.8. The third-order valence-electron chi connectivity index (χ3n) is 5.46. The summed E-state index contributed by atoms with van der Waals surface area (Å²) in [5.41, 5.74) is 0.303. The highest BCUT2D eigenvalue weighted by Gasteiger charge is 2.44. The number of thiophene rings is 1. The zero-order chi connectivity index (χ0) is 23.3. The number of carbonyl (C=O) groups excluding carboxylic acids is 2. The lowest BCUT2D eigenvalue weighted by atomic mass is 9.97. The van der Waals surface area contributed by atoms with Crippen LogP contribution in [0.4, 0.5) is 11.4 Å². The van der Waals surface area contributed by atoms with Gasteiger partial charge in [-0.3, -0.25) is 9.59 Å². The molecule has 3 heterocycles. The standard InChI is InChI=1S/C22H22BrN5O4S/c23-18-6-5-17(33-18)20(29)27-22(8-11-32-13-22)21(30)26-15-1-3-16(4-2-15)28-9-12-31-10-7-19(28)25-14-24/h1-6H,7-13H2,(H,26,30)(H,27,29)/b25-19+/t22-/m0/s1. The number of hydrogen-bond donors (Lipinski definition) is 2. The molecule has 1 aromatic heterocycles. The van der Waals surface area contributed by atoms with E-state index in [0.717, 1.165) is 9.47 Å². The van der Waals surface area contributed by atoms with Gasteiger partial charge in [0.2, 0.25) is 6.19 Å². The van der Waals surface area contributed by atoms with Crippen LogP contribution in [-0.4, -0.2) is 56.2 Å². The molecule has 2 fully saturated rings. The number of anilines is 2. The molecule has 1 atom stereocenters. The van der Waals surface area contributed by atoms with Gasteiger partial charge < -0.3 is 25.0 Å². The highest BCUT2D eigenvalue weighted by Crippen LogP contribution is 2.26. The molecule has 0 aliphatic carbocycles. The van der Waals surface area contributed by atoms with E-state index < -0.39 is 5.54 Å². The molecule has 9 nitrogen and oxygen atoms in total.